The molecule has 28 heavy (non-hydrogen) atoms. The van der Waals surface area contributed by atoms with Crippen LogP contribution < -0.4 is 26.8 Å². The summed E-state index contributed by atoms with van der Waals surface area (Å²) in [6, 6.07) is 8.54. The second-order valence-corrected chi connectivity index (χ2v) is 7.67. The summed E-state index contributed by atoms with van der Waals surface area (Å²) >= 11 is 0. The molecule has 3 rings (SSSR count). The molecular formula is C16H17F3N6O2S. The molecule has 2 aromatic carbocycles. The summed E-state index contributed by atoms with van der Waals surface area (Å²) in [5, 5.41) is 7.82. The Labute approximate surface area is 158 Å². The molecule has 150 valence electrons. The first-order chi connectivity index (χ1) is 12.9. The minimum Gasteiger partial charge on any atom is -0.370 e. The van der Waals surface area contributed by atoms with Crippen LogP contribution in [0.25, 0.3) is 0 Å². The average Bonchev–Trinajstić information content (AvgIpc) is 2.88. The van der Waals surface area contributed by atoms with E-state index in [1.165, 1.54) is 4.90 Å². The van der Waals surface area contributed by atoms with Gasteiger partial charge in [-0.3, -0.25) is 4.90 Å². The van der Waals surface area contributed by atoms with E-state index in [0.717, 1.165) is 11.6 Å². The van der Waals surface area contributed by atoms with Gasteiger partial charge in [0.25, 0.3) is 0 Å². The third kappa shape index (κ3) is 3.55. The molecule has 0 radical (unpaired) electrons. The van der Waals surface area contributed by atoms with Crippen LogP contribution in [0.15, 0.2) is 46.3 Å². The van der Waals surface area contributed by atoms with Gasteiger partial charge < -0.3 is 16.8 Å². The molecule has 1 atom stereocenters. The highest BCUT2D eigenvalue weighted by molar-refractivity contribution is 7.89. The number of rotatable bonds is 3. The number of sulfonamides is 1. The number of halogens is 3. The van der Waals surface area contributed by atoms with Crippen molar-refractivity contribution in [1.29, 1.82) is 0 Å². The number of guanidine groups is 1. The fourth-order valence-corrected chi connectivity index (χ4v) is 3.76. The second-order valence-electron chi connectivity index (χ2n) is 6.14. The van der Waals surface area contributed by atoms with Crippen LogP contribution in [0.5, 0.6) is 0 Å². The molecule has 0 spiro atoms. The van der Waals surface area contributed by atoms with E-state index in [4.69, 9.17) is 16.6 Å². The number of anilines is 3. The zero-order chi connectivity index (χ0) is 20.9. The van der Waals surface area contributed by atoms with Crippen LogP contribution in [-0.4, -0.2) is 20.7 Å². The lowest BCUT2D eigenvalue weighted by atomic mass is 10.1. The zero-order valence-corrected chi connectivity index (χ0v) is 15.3. The van der Waals surface area contributed by atoms with Gasteiger partial charge in [-0.05, 0) is 30.7 Å². The van der Waals surface area contributed by atoms with Crippen molar-refractivity contribution in [3.8, 4) is 0 Å². The van der Waals surface area contributed by atoms with Gasteiger partial charge in [0, 0.05) is 5.69 Å². The molecule has 0 saturated heterocycles. The Morgan fingerprint density at radius 2 is 1.82 bits per heavy atom. The van der Waals surface area contributed by atoms with Crippen LogP contribution >= 0.6 is 0 Å². The third-order valence-electron chi connectivity index (χ3n) is 4.14. The Morgan fingerprint density at radius 3 is 2.36 bits per heavy atom. The van der Waals surface area contributed by atoms with Gasteiger partial charge in [0.05, 0.1) is 21.8 Å². The highest BCUT2D eigenvalue weighted by Gasteiger charge is 2.40. The van der Waals surface area contributed by atoms with Crippen molar-refractivity contribution >= 4 is 33.0 Å². The Balaban J connectivity index is 2.31. The Hall–Kier alpha value is -2.99. The summed E-state index contributed by atoms with van der Waals surface area (Å²) in [4.78, 5) is 4.46. The van der Waals surface area contributed by atoms with Crippen LogP contribution in [0.3, 0.4) is 0 Å². The molecule has 0 amide bonds. The van der Waals surface area contributed by atoms with Crippen molar-refractivity contribution in [3.63, 3.8) is 0 Å². The average molecular weight is 414 g/mol. The maximum atomic E-state index is 13.4. The molecule has 0 fully saturated rings. The molecule has 0 bridgehead atoms. The quantitative estimate of drug-likeness (QED) is 0.446. The van der Waals surface area contributed by atoms with Crippen LogP contribution in [0.2, 0.25) is 0 Å². The first-order valence-electron chi connectivity index (χ1n) is 7.88. The van der Waals surface area contributed by atoms with E-state index in [1.807, 2.05) is 0 Å². The van der Waals surface area contributed by atoms with E-state index in [2.05, 4.69) is 10.3 Å². The van der Waals surface area contributed by atoms with E-state index in [0.29, 0.717) is 11.8 Å². The second kappa shape index (κ2) is 6.56. The fraction of sp³-hybridized carbons (Fsp3) is 0.188. The Bertz CT molecular complexity index is 1060. The molecule has 12 heteroatoms. The van der Waals surface area contributed by atoms with Crippen LogP contribution in [-0.2, 0) is 16.2 Å². The van der Waals surface area contributed by atoms with Gasteiger partial charge in [-0.25, -0.2) is 18.5 Å². The predicted molar refractivity (Wildman–Crippen MR) is 99.4 cm³/mol. The topological polar surface area (TPSA) is 140 Å². The van der Waals surface area contributed by atoms with E-state index < -0.39 is 32.9 Å². The zero-order valence-electron chi connectivity index (χ0n) is 14.5. The molecule has 8 nitrogen and oxygen atoms in total. The third-order valence-corrected chi connectivity index (χ3v) is 5.10. The van der Waals surface area contributed by atoms with Gasteiger partial charge in [-0.15, -0.1) is 0 Å². The molecule has 2 aromatic rings. The first-order valence-corrected chi connectivity index (χ1v) is 9.42. The minimum absolute atomic E-state index is 0.0120. The molecule has 1 aliphatic rings. The van der Waals surface area contributed by atoms with E-state index >= 15 is 0 Å². The van der Waals surface area contributed by atoms with Crippen LogP contribution in [0.1, 0.15) is 11.1 Å². The molecule has 1 heterocycles. The van der Waals surface area contributed by atoms with Crippen molar-refractivity contribution in [2.75, 3.05) is 10.2 Å². The number of hydrogen-bond donors (Lipinski definition) is 4. The number of hydrogen-bond acceptors (Lipinski definition) is 5. The molecule has 1 unspecified atom stereocenters. The number of aliphatic imine (C=N–C) groups is 1. The summed E-state index contributed by atoms with van der Waals surface area (Å²) in [7, 11) is -4.65. The summed E-state index contributed by atoms with van der Waals surface area (Å²) in [5.41, 5.74) is 11.0. The summed E-state index contributed by atoms with van der Waals surface area (Å²) in [5.74, 6) is -0.299. The normalized spacial score (nSPS) is 16.5. The molecule has 0 aromatic heterocycles. The smallest absolute Gasteiger partial charge is 0.370 e. The molecule has 1 aliphatic heterocycles. The minimum atomic E-state index is -4.93. The van der Waals surface area contributed by atoms with Gasteiger partial charge in [0.2, 0.25) is 16.3 Å². The van der Waals surface area contributed by atoms with Crippen molar-refractivity contribution in [2.24, 2.45) is 21.6 Å². The van der Waals surface area contributed by atoms with E-state index in [9.17, 15) is 21.6 Å². The van der Waals surface area contributed by atoms with Crippen molar-refractivity contribution in [2.45, 2.75) is 24.3 Å². The maximum Gasteiger partial charge on any atom is 0.417 e. The lowest BCUT2D eigenvalue weighted by Crippen LogP contribution is -2.35. The number of benzene rings is 2. The standard InChI is InChI=1S/C16H17F3N6O2S/c1-8-4-2-3-5-11(8)25-12-7-13(28(22,26)27)9(16(17,18)19)6-10(12)23-15(25)24-14(20)21/h2-7,15,23H,1H3,(H4,20,21,24)(H2,22,26,27). The molecule has 0 aliphatic carbocycles. The highest BCUT2D eigenvalue weighted by Crippen LogP contribution is 2.46. The number of alkyl halides is 3. The number of nitrogens with zero attached hydrogens (tertiary/aromatic N) is 2. The van der Waals surface area contributed by atoms with Gasteiger partial charge in [-0.1, -0.05) is 18.2 Å². The van der Waals surface area contributed by atoms with Gasteiger partial charge in [-0.2, -0.15) is 13.2 Å². The van der Waals surface area contributed by atoms with E-state index in [-0.39, 0.29) is 17.3 Å². The number of nitrogens with one attached hydrogen (secondary N) is 1. The number of fused-ring (bicyclic) bond motifs is 1. The van der Waals surface area contributed by atoms with Gasteiger partial charge >= 0.3 is 6.18 Å². The van der Waals surface area contributed by atoms with Crippen molar-refractivity contribution in [1.82, 2.24) is 0 Å². The van der Waals surface area contributed by atoms with Crippen LogP contribution in [0, 0.1) is 6.92 Å². The number of primary sulfonamides is 1. The summed E-state index contributed by atoms with van der Waals surface area (Å²) in [6.07, 6.45) is -5.90. The molecule has 0 saturated carbocycles. The van der Waals surface area contributed by atoms with E-state index in [1.54, 1.807) is 31.2 Å². The fourth-order valence-electron chi connectivity index (χ4n) is 3.00. The predicted octanol–water partition coefficient (Wildman–Crippen LogP) is 1.78. The number of para-hydroxylation sites is 1. The van der Waals surface area contributed by atoms with Gasteiger partial charge in [0.1, 0.15) is 0 Å². The summed E-state index contributed by atoms with van der Waals surface area (Å²) in [6.45, 7) is 1.78. The maximum absolute atomic E-state index is 13.4. The first kappa shape index (κ1) is 19.8. The van der Waals surface area contributed by atoms with Crippen LogP contribution in [0.4, 0.5) is 30.2 Å². The Kier molecular flexibility index (Phi) is 4.63. The van der Waals surface area contributed by atoms with Crippen molar-refractivity contribution in [3.05, 3.63) is 47.5 Å². The number of aryl methyl sites for hydroxylation is 1. The lowest BCUT2D eigenvalue weighted by Gasteiger charge is -2.26. The molecular weight excluding hydrogens is 397 g/mol. The van der Waals surface area contributed by atoms with Crippen molar-refractivity contribution < 1.29 is 21.6 Å². The Morgan fingerprint density at radius 1 is 1.18 bits per heavy atom. The summed E-state index contributed by atoms with van der Waals surface area (Å²) < 4.78 is 63.9. The van der Waals surface area contributed by atoms with Gasteiger partial charge in [0.15, 0.2) is 5.96 Å². The largest absolute Gasteiger partial charge is 0.417 e. The monoisotopic (exact) mass is 414 g/mol. The SMILES string of the molecule is Cc1ccccc1N1c2cc(S(N)(=O)=O)c(C(F)(F)F)cc2NC1N=C(N)N. The molecule has 7 N–H and O–H groups in total. The highest BCUT2D eigenvalue weighted by atomic mass is 32.2. The number of nitrogens with two attached hydrogens (primary N) is 3. The lowest BCUT2D eigenvalue weighted by molar-refractivity contribution is -0.139.